The van der Waals surface area contributed by atoms with Gasteiger partial charge in [-0.3, -0.25) is 4.79 Å². The van der Waals surface area contributed by atoms with Gasteiger partial charge >= 0.3 is 5.97 Å². The zero-order chi connectivity index (χ0) is 15.2. The number of nitrogens with two attached hydrogens (primary N) is 1. The summed E-state index contributed by atoms with van der Waals surface area (Å²) in [6.07, 6.45) is -1.04. The topological polar surface area (TPSA) is 52.3 Å². The Balaban J connectivity index is 2.80. The summed E-state index contributed by atoms with van der Waals surface area (Å²) in [5.74, 6) is -1.14. The first kappa shape index (κ1) is 16.6. The number of halogens is 2. The molecule has 0 aliphatic rings. The molecule has 2 N–H and O–H groups in total. The van der Waals surface area contributed by atoms with Crippen molar-refractivity contribution in [2.75, 3.05) is 6.54 Å². The number of benzene rings is 1. The van der Waals surface area contributed by atoms with E-state index in [9.17, 15) is 13.6 Å². The van der Waals surface area contributed by atoms with E-state index in [1.54, 1.807) is 32.0 Å². The second-order valence-corrected chi connectivity index (χ2v) is 5.11. The van der Waals surface area contributed by atoms with Gasteiger partial charge in [0.1, 0.15) is 5.82 Å². The summed E-state index contributed by atoms with van der Waals surface area (Å²) in [4.78, 5) is 11.7. The standard InChI is InChI=1S/C15H21F2NO2/c1-3-6-13(17)20-14(19)9-15(2,10-18)11-7-4-5-8-12(11)16/h4-5,7-8,13H,3,6,9-10,18H2,1-2H3. The first-order chi connectivity index (χ1) is 9.42. The molecule has 0 heterocycles. The summed E-state index contributed by atoms with van der Waals surface area (Å²) in [6.45, 7) is 3.53. The molecule has 20 heavy (non-hydrogen) atoms. The quantitative estimate of drug-likeness (QED) is 0.783. The Kier molecular flexibility index (Phi) is 6.07. The number of ether oxygens (including phenoxy) is 1. The van der Waals surface area contributed by atoms with Gasteiger partial charge in [-0.1, -0.05) is 32.0 Å². The van der Waals surface area contributed by atoms with Crippen molar-refractivity contribution in [2.24, 2.45) is 5.73 Å². The molecule has 0 radical (unpaired) electrons. The van der Waals surface area contributed by atoms with Gasteiger partial charge in [-0.25, -0.2) is 8.78 Å². The minimum absolute atomic E-state index is 0.0633. The highest BCUT2D eigenvalue weighted by molar-refractivity contribution is 5.71. The van der Waals surface area contributed by atoms with Gasteiger partial charge in [0.15, 0.2) is 0 Å². The Bertz CT molecular complexity index is 453. The number of hydrogen-bond acceptors (Lipinski definition) is 3. The minimum Gasteiger partial charge on any atom is -0.431 e. The zero-order valence-electron chi connectivity index (χ0n) is 11.9. The summed E-state index contributed by atoms with van der Waals surface area (Å²) in [6, 6.07) is 6.12. The van der Waals surface area contributed by atoms with Crippen LogP contribution < -0.4 is 5.73 Å². The number of carbonyl (C=O) groups excluding carboxylic acids is 1. The lowest BCUT2D eigenvalue weighted by atomic mass is 9.79. The van der Waals surface area contributed by atoms with Gasteiger partial charge in [0, 0.05) is 18.4 Å². The lowest BCUT2D eigenvalue weighted by Crippen LogP contribution is -2.36. The Morgan fingerprint density at radius 1 is 1.45 bits per heavy atom. The van der Waals surface area contributed by atoms with Gasteiger partial charge in [-0.05, 0) is 18.1 Å². The van der Waals surface area contributed by atoms with E-state index in [-0.39, 0.29) is 19.4 Å². The fraction of sp³-hybridized carbons (Fsp3) is 0.533. The smallest absolute Gasteiger partial charge is 0.309 e. The third kappa shape index (κ3) is 4.27. The molecule has 1 aromatic carbocycles. The summed E-state index contributed by atoms with van der Waals surface area (Å²) < 4.78 is 31.8. The second kappa shape index (κ2) is 7.33. The predicted octanol–water partition coefficient (Wildman–Crippen LogP) is 3.07. The van der Waals surface area contributed by atoms with E-state index in [4.69, 9.17) is 5.73 Å². The monoisotopic (exact) mass is 285 g/mol. The van der Waals surface area contributed by atoms with Crippen LogP contribution in [-0.4, -0.2) is 18.9 Å². The number of hydrogen-bond donors (Lipinski definition) is 1. The first-order valence-electron chi connectivity index (χ1n) is 6.71. The van der Waals surface area contributed by atoms with Crippen molar-refractivity contribution in [1.82, 2.24) is 0 Å². The molecule has 3 nitrogen and oxygen atoms in total. The van der Waals surface area contributed by atoms with E-state index in [1.165, 1.54) is 6.07 Å². The summed E-state index contributed by atoms with van der Waals surface area (Å²) >= 11 is 0. The van der Waals surface area contributed by atoms with Crippen molar-refractivity contribution < 1.29 is 18.3 Å². The van der Waals surface area contributed by atoms with E-state index in [0.29, 0.717) is 12.0 Å². The molecule has 0 amide bonds. The van der Waals surface area contributed by atoms with Crippen LogP contribution in [0, 0.1) is 5.82 Å². The number of carbonyl (C=O) groups is 1. The molecule has 1 aromatic rings. The number of esters is 1. The van der Waals surface area contributed by atoms with Crippen LogP contribution in [0.25, 0.3) is 0 Å². The molecule has 0 bridgehead atoms. The Morgan fingerprint density at radius 3 is 2.65 bits per heavy atom. The maximum atomic E-state index is 13.8. The third-order valence-electron chi connectivity index (χ3n) is 3.28. The molecular formula is C15H21F2NO2. The maximum absolute atomic E-state index is 13.8. The number of alkyl halides is 1. The molecule has 2 atom stereocenters. The lowest BCUT2D eigenvalue weighted by molar-refractivity contribution is -0.159. The Hall–Kier alpha value is -1.49. The molecule has 2 unspecified atom stereocenters. The van der Waals surface area contributed by atoms with E-state index in [2.05, 4.69) is 4.74 Å². The highest BCUT2D eigenvalue weighted by Crippen LogP contribution is 2.29. The molecule has 0 aliphatic heterocycles. The van der Waals surface area contributed by atoms with Crippen molar-refractivity contribution in [2.45, 2.75) is 44.9 Å². The normalized spacial score (nSPS) is 15.4. The fourth-order valence-electron chi connectivity index (χ4n) is 2.02. The summed E-state index contributed by atoms with van der Waals surface area (Å²) in [7, 11) is 0. The van der Waals surface area contributed by atoms with E-state index < -0.39 is 23.6 Å². The molecule has 1 rings (SSSR count). The van der Waals surface area contributed by atoms with Gasteiger partial charge in [0.2, 0.25) is 6.36 Å². The molecule has 5 heteroatoms. The van der Waals surface area contributed by atoms with Crippen LogP contribution in [0.5, 0.6) is 0 Å². The van der Waals surface area contributed by atoms with Gasteiger partial charge in [-0.15, -0.1) is 0 Å². The average molecular weight is 285 g/mol. The van der Waals surface area contributed by atoms with E-state index in [0.717, 1.165) is 0 Å². The van der Waals surface area contributed by atoms with Crippen LogP contribution in [0.4, 0.5) is 8.78 Å². The van der Waals surface area contributed by atoms with Crippen LogP contribution in [0.15, 0.2) is 24.3 Å². The highest BCUT2D eigenvalue weighted by Gasteiger charge is 2.32. The predicted molar refractivity (Wildman–Crippen MR) is 73.3 cm³/mol. The largest absolute Gasteiger partial charge is 0.431 e. The SMILES string of the molecule is CCCC(F)OC(=O)CC(C)(CN)c1ccccc1F. The summed E-state index contributed by atoms with van der Waals surface area (Å²) in [5.41, 5.74) is 5.11. The van der Waals surface area contributed by atoms with Crippen molar-refractivity contribution in [3.63, 3.8) is 0 Å². The molecule has 0 aliphatic carbocycles. The fourth-order valence-corrected chi connectivity index (χ4v) is 2.02. The van der Waals surface area contributed by atoms with Crippen LogP contribution in [0.3, 0.4) is 0 Å². The Morgan fingerprint density at radius 2 is 2.10 bits per heavy atom. The second-order valence-electron chi connectivity index (χ2n) is 5.11. The minimum atomic E-state index is -1.62. The van der Waals surface area contributed by atoms with Gasteiger partial charge in [0.25, 0.3) is 0 Å². The lowest BCUT2D eigenvalue weighted by Gasteiger charge is -2.28. The highest BCUT2D eigenvalue weighted by atomic mass is 19.1. The van der Waals surface area contributed by atoms with Crippen LogP contribution in [0.1, 0.15) is 38.7 Å². The molecule has 112 valence electrons. The molecule has 0 saturated carbocycles. The van der Waals surface area contributed by atoms with Crippen molar-refractivity contribution in [3.8, 4) is 0 Å². The van der Waals surface area contributed by atoms with Crippen LogP contribution >= 0.6 is 0 Å². The first-order valence-corrected chi connectivity index (χ1v) is 6.71. The molecule has 0 spiro atoms. The molecule has 0 fully saturated rings. The van der Waals surface area contributed by atoms with Crippen molar-refractivity contribution in [1.29, 1.82) is 0 Å². The van der Waals surface area contributed by atoms with E-state index in [1.807, 2.05) is 0 Å². The van der Waals surface area contributed by atoms with Gasteiger partial charge in [0.05, 0.1) is 6.42 Å². The van der Waals surface area contributed by atoms with Crippen molar-refractivity contribution >= 4 is 5.97 Å². The van der Waals surface area contributed by atoms with Crippen molar-refractivity contribution in [3.05, 3.63) is 35.6 Å². The van der Waals surface area contributed by atoms with E-state index >= 15 is 0 Å². The van der Waals surface area contributed by atoms with Gasteiger partial charge in [-0.2, -0.15) is 0 Å². The average Bonchev–Trinajstić information content (AvgIpc) is 2.38. The maximum Gasteiger partial charge on any atom is 0.309 e. The zero-order valence-corrected chi connectivity index (χ0v) is 11.9. The van der Waals surface area contributed by atoms with Gasteiger partial charge < -0.3 is 10.5 Å². The summed E-state index contributed by atoms with van der Waals surface area (Å²) in [5, 5.41) is 0. The molecule has 0 aromatic heterocycles. The van der Waals surface area contributed by atoms with Crippen LogP contribution in [-0.2, 0) is 14.9 Å². The Labute approximate surface area is 118 Å². The molecular weight excluding hydrogens is 264 g/mol. The number of rotatable bonds is 7. The molecule has 0 saturated heterocycles. The third-order valence-corrected chi connectivity index (χ3v) is 3.28. The van der Waals surface area contributed by atoms with Crippen LogP contribution in [0.2, 0.25) is 0 Å².